The molecule has 0 aromatic rings. The lowest BCUT2D eigenvalue weighted by atomic mass is 9.70. The van der Waals surface area contributed by atoms with E-state index >= 15 is 0 Å². The van der Waals surface area contributed by atoms with Gasteiger partial charge in [0.2, 0.25) is 5.91 Å². The molecular formula is C12H21ClN2O. The number of likely N-dealkylation sites (tertiary alicyclic amines) is 1. The third kappa shape index (κ3) is 2.35. The summed E-state index contributed by atoms with van der Waals surface area (Å²) in [6, 6.07) is 0. The summed E-state index contributed by atoms with van der Waals surface area (Å²) < 4.78 is 0. The van der Waals surface area contributed by atoms with Crippen molar-refractivity contribution in [2.24, 2.45) is 17.1 Å². The number of halogens is 1. The molecule has 4 heteroatoms. The second kappa shape index (κ2) is 4.92. The van der Waals surface area contributed by atoms with Crippen LogP contribution in [0, 0.1) is 11.3 Å². The highest BCUT2D eigenvalue weighted by Gasteiger charge is 2.41. The van der Waals surface area contributed by atoms with E-state index in [4.69, 9.17) is 17.3 Å². The molecule has 0 bridgehead atoms. The lowest BCUT2D eigenvalue weighted by molar-refractivity contribution is -0.128. The topological polar surface area (TPSA) is 46.3 Å². The van der Waals surface area contributed by atoms with Crippen LogP contribution in [0.15, 0.2) is 0 Å². The lowest BCUT2D eigenvalue weighted by Crippen LogP contribution is -2.35. The van der Waals surface area contributed by atoms with E-state index in [1.54, 1.807) is 0 Å². The molecule has 2 rings (SSSR count). The molecule has 16 heavy (non-hydrogen) atoms. The molecule has 1 amide bonds. The number of hydrogen-bond donors (Lipinski definition) is 1. The molecule has 92 valence electrons. The van der Waals surface area contributed by atoms with Crippen LogP contribution in [0.5, 0.6) is 0 Å². The molecule has 2 aliphatic rings. The van der Waals surface area contributed by atoms with Gasteiger partial charge in [-0.2, -0.15) is 0 Å². The quantitative estimate of drug-likeness (QED) is 0.750. The first kappa shape index (κ1) is 12.2. The smallest absolute Gasteiger partial charge is 0.237 e. The summed E-state index contributed by atoms with van der Waals surface area (Å²) in [5.74, 6) is 0.935. The molecule has 0 unspecified atom stereocenters. The van der Waals surface area contributed by atoms with E-state index in [0.717, 1.165) is 26.1 Å². The van der Waals surface area contributed by atoms with Crippen LogP contribution in [0.1, 0.15) is 32.1 Å². The molecule has 2 N–H and O–H groups in total. The summed E-state index contributed by atoms with van der Waals surface area (Å²) in [5, 5.41) is 0. The SMILES string of the molecule is NCC1CCC2(CC1)CCN(C(=O)CCl)C2. The molecule has 0 atom stereocenters. The fourth-order valence-electron chi connectivity index (χ4n) is 3.17. The van der Waals surface area contributed by atoms with Crippen molar-refractivity contribution in [3.05, 3.63) is 0 Å². The van der Waals surface area contributed by atoms with Gasteiger partial charge >= 0.3 is 0 Å². The summed E-state index contributed by atoms with van der Waals surface area (Å²) in [4.78, 5) is 13.5. The number of carbonyl (C=O) groups is 1. The van der Waals surface area contributed by atoms with Crippen LogP contribution in [0.2, 0.25) is 0 Å². The third-order valence-electron chi connectivity index (χ3n) is 4.40. The minimum Gasteiger partial charge on any atom is -0.341 e. The highest BCUT2D eigenvalue weighted by Crippen LogP contribution is 2.45. The number of rotatable bonds is 2. The summed E-state index contributed by atoms with van der Waals surface area (Å²) in [6.45, 7) is 2.65. The van der Waals surface area contributed by atoms with E-state index in [1.807, 2.05) is 4.90 Å². The van der Waals surface area contributed by atoms with Crippen molar-refractivity contribution in [3.63, 3.8) is 0 Å². The molecular weight excluding hydrogens is 224 g/mol. The van der Waals surface area contributed by atoms with E-state index in [9.17, 15) is 4.79 Å². The van der Waals surface area contributed by atoms with Crippen molar-refractivity contribution in [1.82, 2.24) is 4.90 Å². The van der Waals surface area contributed by atoms with E-state index in [-0.39, 0.29) is 11.8 Å². The molecule has 3 nitrogen and oxygen atoms in total. The zero-order valence-corrected chi connectivity index (χ0v) is 10.5. The van der Waals surface area contributed by atoms with Crippen molar-refractivity contribution in [2.45, 2.75) is 32.1 Å². The maximum Gasteiger partial charge on any atom is 0.237 e. The fraction of sp³-hybridized carbons (Fsp3) is 0.917. The van der Waals surface area contributed by atoms with Crippen molar-refractivity contribution in [1.29, 1.82) is 0 Å². The second-order valence-electron chi connectivity index (χ2n) is 5.38. The second-order valence-corrected chi connectivity index (χ2v) is 5.65. The maximum absolute atomic E-state index is 11.5. The van der Waals surface area contributed by atoms with E-state index < -0.39 is 0 Å². The first-order valence-corrected chi connectivity index (χ1v) is 6.76. The molecule has 1 saturated carbocycles. The van der Waals surface area contributed by atoms with Crippen molar-refractivity contribution < 1.29 is 4.79 Å². The van der Waals surface area contributed by atoms with Crippen LogP contribution in [0.4, 0.5) is 0 Å². The van der Waals surface area contributed by atoms with Gasteiger partial charge in [0.05, 0.1) is 0 Å². The monoisotopic (exact) mass is 244 g/mol. The Hall–Kier alpha value is -0.280. The minimum atomic E-state index is 0.0967. The van der Waals surface area contributed by atoms with Crippen molar-refractivity contribution in [3.8, 4) is 0 Å². The maximum atomic E-state index is 11.5. The Morgan fingerprint density at radius 1 is 1.38 bits per heavy atom. The molecule has 1 aliphatic heterocycles. The molecule has 0 radical (unpaired) electrons. The third-order valence-corrected chi connectivity index (χ3v) is 4.63. The fourth-order valence-corrected chi connectivity index (χ4v) is 3.34. The van der Waals surface area contributed by atoms with Crippen molar-refractivity contribution in [2.75, 3.05) is 25.5 Å². The molecule has 1 saturated heterocycles. The number of hydrogen-bond acceptors (Lipinski definition) is 2. The minimum absolute atomic E-state index is 0.0967. The first-order valence-electron chi connectivity index (χ1n) is 6.23. The number of carbonyl (C=O) groups excluding carboxylic acids is 1. The van der Waals surface area contributed by atoms with E-state index in [2.05, 4.69) is 0 Å². The number of nitrogens with two attached hydrogens (primary N) is 1. The van der Waals surface area contributed by atoms with Gasteiger partial charge in [-0.15, -0.1) is 11.6 Å². The normalized spacial score (nSPS) is 34.6. The zero-order valence-electron chi connectivity index (χ0n) is 9.75. The molecule has 0 aromatic heterocycles. The molecule has 1 aliphatic carbocycles. The first-order chi connectivity index (χ1) is 7.69. The lowest BCUT2D eigenvalue weighted by Gasteiger charge is -2.36. The largest absolute Gasteiger partial charge is 0.341 e. The van der Waals surface area contributed by atoms with Gasteiger partial charge in [-0.25, -0.2) is 0 Å². The van der Waals surface area contributed by atoms with E-state index in [1.165, 1.54) is 25.7 Å². The highest BCUT2D eigenvalue weighted by atomic mass is 35.5. The Morgan fingerprint density at radius 3 is 2.62 bits per heavy atom. The average molecular weight is 245 g/mol. The Labute approximate surface area is 102 Å². The van der Waals surface area contributed by atoms with Crippen LogP contribution in [-0.4, -0.2) is 36.3 Å². The number of alkyl halides is 1. The van der Waals surface area contributed by atoms with Gasteiger partial charge in [-0.05, 0) is 50.0 Å². The number of nitrogens with zero attached hydrogens (tertiary/aromatic N) is 1. The average Bonchev–Trinajstić information content (AvgIpc) is 2.73. The zero-order chi connectivity index (χ0) is 11.6. The van der Waals surface area contributed by atoms with Crippen LogP contribution >= 0.6 is 11.6 Å². The molecule has 0 aromatic carbocycles. The van der Waals surface area contributed by atoms with Gasteiger partial charge in [0.25, 0.3) is 0 Å². The van der Waals surface area contributed by atoms with Crippen LogP contribution in [0.3, 0.4) is 0 Å². The van der Waals surface area contributed by atoms with Gasteiger partial charge in [0.1, 0.15) is 5.88 Å². The summed E-state index contributed by atoms with van der Waals surface area (Å²) in [5.41, 5.74) is 6.10. The van der Waals surface area contributed by atoms with Gasteiger partial charge in [0.15, 0.2) is 0 Å². The van der Waals surface area contributed by atoms with Crippen molar-refractivity contribution >= 4 is 17.5 Å². The van der Waals surface area contributed by atoms with Gasteiger partial charge in [-0.1, -0.05) is 0 Å². The predicted octanol–water partition coefficient (Wildman–Crippen LogP) is 1.59. The predicted molar refractivity (Wildman–Crippen MR) is 65.4 cm³/mol. The summed E-state index contributed by atoms with van der Waals surface area (Å²) >= 11 is 5.60. The summed E-state index contributed by atoms with van der Waals surface area (Å²) in [7, 11) is 0. The molecule has 2 fully saturated rings. The van der Waals surface area contributed by atoms with Gasteiger partial charge in [-0.3, -0.25) is 4.79 Å². The Morgan fingerprint density at radius 2 is 2.06 bits per heavy atom. The Bertz CT molecular complexity index is 262. The Balaban J connectivity index is 1.90. The van der Waals surface area contributed by atoms with Gasteiger partial charge in [0, 0.05) is 13.1 Å². The highest BCUT2D eigenvalue weighted by molar-refractivity contribution is 6.27. The molecule has 1 heterocycles. The standard InChI is InChI=1S/C12H21ClN2O/c13-7-11(16)15-6-5-12(9-15)3-1-10(8-14)2-4-12/h10H,1-9,14H2. The van der Waals surface area contributed by atoms with E-state index in [0.29, 0.717) is 11.3 Å². The molecule has 1 spiro atoms. The van der Waals surface area contributed by atoms with Gasteiger partial charge < -0.3 is 10.6 Å². The van der Waals surface area contributed by atoms with Crippen LogP contribution < -0.4 is 5.73 Å². The Kier molecular flexibility index (Phi) is 3.75. The van der Waals surface area contributed by atoms with Crippen LogP contribution in [-0.2, 0) is 4.79 Å². The van der Waals surface area contributed by atoms with Crippen LogP contribution in [0.25, 0.3) is 0 Å². The summed E-state index contributed by atoms with van der Waals surface area (Å²) in [6.07, 6.45) is 6.10. The number of amides is 1.